The molecule has 0 atom stereocenters. The van der Waals surface area contributed by atoms with Crippen LogP contribution in [0.15, 0.2) is 91.0 Å². The van der Waals surface area contributed by atoms with Crippen molar-refractivity contribution < 1.29 is 4.79 Å². The van der Waals surface area contributed by atoms with Crippen LogP contribution in [0.25, 0.3) is 0 Å². The normalized spacial score (nSPS) is 10.9. The van der Waals surface area contributed by atoms with E-state index >= 15 is 0 Å². The third-order valence-corrected chi connectivity index (χ3v) is 8.01. The summed E-state index contributed by atoms with van der Waals surface area (Å²) in [5, 5.41) is 6.28. The van der Waals surface area contributed by atoms with E-state index in [1.165, 1.54) is 15.9 Å². The second-order valence-corrected chi connectivity index (χ2v) is 8.73. The SMILES string of the molecule is CNC(=O)C=P(c1ccccc1)(c1ccccc1)c1ccccc1. The van der Waals surface area contributed by atoms with Gasteiger partial charge in [-0.1, -0.05) is 91.0 Å². The fourth-order valence-electron chi connectivity index (χ4n) is 2.90. The van der Waals surface area contributed by atoms with Crippen molar-refractivity contribution in [3.05, 3.63) is 91.0 Å². The van der Waals surface area contributed by atoms with E-state index in [2.05, 4.69) is 41.7 Å². The van der Waals surface area contributed by atoms with Gasteiger partial charge in [0.2, 0.25) is 5.91 Å². The van der Waals surface area contributed by atoms with Crippen LogP contribution in [0.1, 0.15) is 0 Å². The minimum Gasteiger partial charge on any atom is -0.356 e. The first-order chi connectivity index (χ1) is 11.8. The maximum absolute atomic E-state index is 12.4. The zero-order valence-electron chi connectivity index (χ0n) is 13.6. The number of amides is 1. The van der Waals surface area contributed by atoms with E-state index in [0.29, 0.717) is 0 Å². The molecule has 24 heavy (non-hydrogen) atoms. The van der Waals surface area contributed by atoms with Crippen LogP contribution in [0.2, 0.25) is 0 Å². The first-order valence-electron chi connectivity index (χ1n) is 7.90. The molecule has 0 aliphatic heterocycles. The quantitative estimate of drug-likeness (QED) is 0.731. The van der Waals surface area contributed by atoms with E-state index in [-0.39, 0.29) is 5.91 Å². The number of hydrogen-bond donors (Lipinski definition) is 1. The van der Waals surface area contributed by atoms with Crippen LogP contribution in [-0.4, -0.2) is 18.8 Å². The van der Waals surface area contributed by atoms with Gasteiger partial charge in [-0.05, 0) is 22.8 Å². The Morgan fingerprint density at radius 1 is 0.708 bits per heavy atom. The molecular formula is C21H20NOP. The second-order valence-electron chi connectivity index (χ2n) is 5.47. The monoisotopic (exact) mass is 333 g/mol. The largest absolute Gasteiger partial charge is 0.356 e. The predicted molar refractivity (Wildman–Crippen MR) is 105 cm³/mol. The van der Waals surface area contributed by atoms with Gasteiger partial charge in [0.05, 0.1) is 0 Å². The van der Waals surface area contributed by atoms with Crippen LogP contribution < -0.4 is 21.2 Å². The van der Waals surface area contributed by atoms with Crippen molar-refractivity contribution in [3.63, 3.8) is 0 Å². The smallest absolute Gasteiger partial charge is 0.244 e. The molecule has 0 fully saturated rings. The average Bonchev–Trinajstić information content (AvgIpc) is 2.68. The van der Waals surface area contributed by atoms with Crippen molar-refractivity contribution in [1.29, 1.82) is 0 Å². The Morgan fingerprint density at radius 3 is 1.33 bits per heavy atom. The fraction of sp³-hybridized carbons (Fsp3) is 0.0476. The summed E-state index contributed by atoms with van der Waals surface area (Å²) >= 11 is 0. The highest BCUT2D eigenvalue weighted by Gasteiger charge is 2.25. The minimum absolute atomic E-state index is 0.0557. The number of rotatable bonds is 4. The summed E-state index contributed by atoms with van der Waals surface area (Å²) in [6.07, 6.45) is 0. The van der Waals surface area contributed by atoms with Gasteiger partial charge in [-0.25, -0.2) is 0 Å². The fourth-order valence-corrected chi connectivity index (χ4v) is 6.65. The molecule has 0 saturated carbocycles. The number of carbonyl (C=O) groups is 1. The highest BCUT2D eigenvalue weighted by Crippen LogP contribution is 2.43. The molecule has 3 aromatic carbocycles. The maximum Gasteiger partial charge on any atom is 0.244 e. The van der Waals surface area contributed by atoms with E-state index in [9.17, 15) is 4.79 Å². The van der Waals surface area contributed by atoms with Gasteiger partial charge in [-0.3, -0.25) is 4.79 Å². The molecule has 3 heteroatoms. The Balaban J connectivity index is 2.42. The van der Waals surface area contributed by atoms with Gasteiger partial charge in [0, 0.05) is 12.8 Å². The molecule has 3 rings (SSSR count). The number of nitrogens with one attached hydrogen (secondary N) is 1. The summed E-state index contributed by atoms with van der Waals surface area (Å²) in [4.78, 5) is 12.4. The molecule has 0 unspecified atom stereocenters. The van der Waals surface area contributed by atoms with E-state index < -0.39 is 6.89 Å². The van der Waals surface area contributed by atoms with Crippen molar-refractivity contribution >= 4 is 34.5 Å². The molecule has 1 amide bonds. The van der Waals surface area contributed by atoms with Crippen LogP contribution in [0, 0.1) is 0 Å². The van der Waals surface area contributed by atoms with Gasteiger partial charge in [0.25, 0.3) is 0 Å². The van der Waals surface area contributed by atoms with Gasteiger partial charge >= 0.3 is 0 Å². The van der Waals surface area contributed by atoms with Crippen molar-refractivity contribution in [3.8, 4) is 0 Å². The van der Waals surface area contributed by atoms with Crippen molar-refractivity contribution in [1.82, 2.24) is 5.32 Å². The zero-order chi connectivity index (χ0) is 16.8. The molecule has 0 heterocycles. The lowest BCUT2D eigenvalue weighted by molar-refractivity contribution is -0.113. The van der Waals surface area contributed by atoms with Gasteiger partial charge in [0.15, 0.2) is 0 Å². The Bertz CT molecular complexity index is 755. The molecule has 0 aromatic heterocycles. The first kappa shape index (κ1) is 16.3. The molecule has 1 N–H and O–H groups in total. The van der Waals surface area contributed by atoms with E-state index in [4.69, 9.17) is 0 Å². The summed E-state index contributed by atoms with van der Waals surface area (Å²) in [5.74, 6) is 1.83. The zero-order valence-corrected chi connectivity index (χ0v) is 14.5. The van der Waals surface area contributed by atoms with Crippen LogP contribution >= 0.6 is 6.89 Å². The van der Waals surface area contributed by atoms with Crippen molar-refractivity contribution in [2.45, 2.75) is 0 Å². The highest BCUT2D eigenvalue weighted by atomic mass is 31.2. The lowest BCUT2D eigenvalue weighted by Gasteiger charge is -2.28. The van der Waals surface area contributed by atoms with Crippen LogP contribution in [0.4, 0.5) is 0 Å². The molecular weight excluding hydrogens is 313 g/mol. The van der Waals surface area contributed by atoms with Gasteiger partial charge in [-0.15, -0.1) is 0 Å². The average molecular weight is 333 g/mol. The Hall–Kier alpha value is -2.57. The number of carbonyl (C=O) groups excluding carboxylic acids is 1. The third kappa shape index (κ3) is 3.06. The van der Waals surface area contributed by atoms with Crippen LogP contribution in [-0.2, 0) is 4.79 Å². The molecule has 0 saturated heterocycles. The Kier molecular flexibility index (Phi) is 4.98. The molecule has 120 valence electrons. The van der Waals surface area contributed by atoms with Crippen LogP contribution in [0.5, 0.6) is 0 Å². The number of hydrogen-bond acceptors (Lipinski definition) is 1. The molecule has 3 aromatic rings. The minimum atomic E-state index is -2.16. The molecule has 0 aliphatic rings. The molecule has 2 nitrogen and oxygen atoms in total. The first-order valence-corrected chi connectivity index (χ1v) is 9.76. The highest BCUT2D eigenvalue weighted by molar-refractivity contribution is 7.95. The van der Waals surface area contributed by atoms with Crippen LogP contribution in [0.3, 0.4) is 0 Å². The summed E-state index contributed by atoms with van der Waals surface area (Å²) in [6.45, 7) is -2.16. The van der Waals surface area contributed by atoms with E-state index in [1.807, 2.05) is 60.4 Å². The van der Waals surface area contributed by atoms with Crippen molar-refractivity contribution in [2.75, 3.05) is 7.05 Å². The lowest BCUT2D eigenvalue weighted by Crippen LogP contribution is -2.31. The summed E-state index contributed by atoms with van der Waals surface area (Å²) in [6, 6.07) is 30.9. The van der Waals surface area contributed by atoms with Crippen molar-refractivity contribution in [2.24, 2.45) is 0 Å². The van der Waals surface area contributed by atoms with Gasteiger partial charge < -0.3 is 5.32 Å². The Labute approximate surface area is 143 Å². The van der Waals surface area contributed by atoms with E-state index in [0.717, 1.165) is 0 Å². The summed E-state index contributed by atoms with van der Waals surface area (Å²) in [7, 11) is 1.68. The van der Waals surface area contributed by atoms with Gasteiger partial charge in [0.1, 0.15) is 0 Å². The predicted octanol–water partition coefficient (Wildman–Crippen LogP) is 2.53. The van der Waals surface area contributed by atoms with Gasteiger partial charge in [-0.2, -0.15) is 0 Å². The maximum atomic E-state index is 12.4. The third-order valence-electron chi connectivity index (χ3n) is 4.05. The molecule has 0 radical (unpaired) electrons. The molecule has 0 aliphatic carbocycles. The molecule has 0 bridgehead atoms. The topological polar surface area (TPSA) is 29.1 Å². The van der Waals surface area contributed by atoms with E-state index in [1.54, 1.807) is 7.05 Å². The Morgan fingerprint density at radius 2 is 1.04 bits per heavy atom. The molecule has 0 spiro atoms. The summed E-state index contributed by atoms with van der Waals surface area (Å²) < 4.78 is 0. The number of benzene rings is 3. The summed E-state index contributed by atoms with van der Waals surface area (Å²) in [5.41, 5.74) is 0. The standard InChI is InChI=1S/C21H20NOP/c1-22-21(23)17-24(18-11-5-2-6-12-18,19-13-7-3-8-14-19)20-15-9-4-10-16-20/h2-17H,1H3,(H,22,23). The lowest BCUT2D eigenvalue weighted by atomic mass is 10.4. The second kappa shape index (κ2) is 7.33.